The lowest BCUT2D eigenvalue weighted by Gasteiger charge is -2.57. The lowest BCUT2D eigenvalue weighted by atomic mass is 9.49. The lowest BCUT2D eigenvalue weighted by Crippen LogP contribution is -2.56. The molecule has 8 heteroatoms. The van der Waals surface area contributed by atoms with Crippen LogP contribution in [0.5, 0.6) is 0 Å². The van der Waals surface area contributed by atoms with E-state index in [2.05, 4.69) is 5.32 Å². The van der Waals surface area contributed by atoms with Gasteiger partial charge in [0, 0.05) is 30.6 Å². The third-order valence-corrected chi connectivity index (χ3v) is 8.45. The molecular formula is C32H29F3N2O3. The summed E-state index contributed by atoms with van der Waals surface area (Å²) in [5.41, 5.74) is 3.30. The van der Waals surface area contributed by atoms with Gasteiger partial charge in [-0.3, -0.25) is 9.59 Å². The van der Waals surface area contributed by atoms with Crippen LogP contribution in [0.3, 0.4) is 0 Å². The molecule has 0 saturated heterocycles. The van der Waals surface area contributed by atoms with Gasteiger partial charge in [-0.05, 0) is 84.0 Å². The standard InChI is InChI=1S/C32H29F3N2O3/c33-32(34,35)25-8-6-20(7-9-25)19-37-11-10-23-13-24(22-4-2-1-3-5-22)14-27(29(23)37)30(40)36-26-17-31(18-26)15-21(16-31)12-28(38)39/h1-11,13-14,21,26H,12,15-19H2,(H,36,40)(H,38,39). The van der Waals surface area contributed by atoms with Crippen LogP contribution in [0.4, 0.5) is 13.2 Å². The Morgan fingerprint density at radius 3 is 2.27 bits per heavy atom. The number of carbonyl (C=O) groups excluding carboxylic acids is 1. The summed E-state index contributed by atoms with van der Waals surface area (Å²) >= 11 is 0. The molecule has 5 nitrogen and oxygen atoms in total. The van der Waals surface area contributed by atoms with Gasteiger partial charge in [-0.2, -0.15) is 13.2 Å². The predicted molar refractivity (Wildman–Crippen MR) is 146 cm³/mol. The number of nitrogens with zero attached hydrogens (tertiary/aromatic N) is 1. The van der Waals surface area contributed by atoms with Gasteiger partial charge in [0.05, 0.1) is 16.6 Å². The highest BCUT2D eigenvalue weighted by Gasteiger charge is 2.53. The fraction of sp³-hybridized carbons (Fsp3) is 0.312. The number of halogens is 3. The van der Waals surface area contributed by atoms with Crippen LogP contribution in [0.2, 0.25) is 0 Å². The van der Waals surface area contributed by atoms with E-state index in [1.807, 2.05) is 59.3 Å². The van der Waals surface area contributed by atoms with Gasteiger partial charge in [-0.15, -0.1) is 0 Å². The maximum Gasteiger partial charge on any atom is 0.416 e. The third kappa shape index (κ3) is 5.10. The van der Waals surface area contributed by atoms with E-state index in [1.165, 1.54) is 12.1 Å². The summed E-state index contributed by atoms with van der Waals surface area (Å²) in [5.74, 6) is -0.716. The largest absolute Gasteiger partial charge is 0.481 e. The number of alkyl halides is 3. The number of hydrogen-bond acceptors (Lipinski definition) is 2. The first kappa shape index (κ1) is 26.2. The van der Waals surface area contributed by atoms with Crippen LogP contribution < -0.4 is 5.32 Å². The summed E-state index contributed by atoms with van der Waals surface area (Å²) in [7, 11) is 0. The number of carboxylic acid groups (broad SMARTS) is 1. The third-order valence-electron chi connectivity index (χ3n) is 8.45. The number of benzene rings is 3. The van der Waals surface area contributed by atoms with Crippen molar-refractivity contribution in [2.45, 2.75) is 50.9 Å². The molecule has 1 heterocycles. The van der Waals surface area contributed by atoms with Gasteiger partial charge in [0.15, 0.2) is 0 Å². The van der Waals surface area contributed by atoms with E-state index in [4.69, 9.17) is 5.11 Å². The summed E-state index contributed by atoms with van der Waals surface area (Å²) in [5, 5.41) is 13.1. The SMILES string of the molecule is O=C(O)CC1CC2(C1)CC(NC(=O)c1cc(-c3ccccc3)cc3ccn(Cc4ccc(C(F)(F)F)cc4)c13)C2. The molecule has 40 heavy (non-hydrogen) atoms. The predicted octanol–water partition coefficient (Wildman–Crippen LogP) is 7.14. The molecule has 1 amide bonds. The maximum atomic E-state index is 13.7. The summed E-state index contributed by atoms with van der Waals surface area (Å²) < 4.78 is 41.0. The second-order valence-corrected chi connectivity index (χ2v) is 11.4. The molecule has 2 aliphatic rings. The van der Waals surface area contributed by atoms with Crippen molar-refractivity contribution in [1.82, 2.24) is 9.88 Å². The Balaban J connectivity index is 1.26. The molecular weight excluding hydrogens is 517 g/mol. The van der Waals surface area contributed by atoms with Gasteiger partial charge >= 0.3 is 12.1 Å². The van der Waals surface area contributed by atoms with E-state index in [-0.39, 0.29) is 29.7 Å². The molecule has 3 aromatic carbocycles. The molecule has 0 bridgehead atoms. The van der Waals surface area contributed by atoms with Crippen molar-refractivity contribution in [2.24, 2.45) is 11.3 Å². The number of hydrogen-bond donors (Lipinski definition) is 2. The summed E-state index contributed by atoms with van der Waals surface area (Å²) in [6.07, 6.45) is 1.17. The molecule has 1 aromatic heterocycles. The second-order valence-electron chi connectivity index (χ2n) is 11.4. The summed E-state index contributed by atoms with van der Waals surface area (Å²) in [6.45, 7) is 0.324. The normalized spacial score (nSPS) is 22.1. The molecule has 4 aromatic rings. The van der Waals surface area contributed by atoms with Crippen molar-refractivity contribution in [3.8, 4) is 11.1 Å². The van der Waals surface area contributed by atoms with Crippen LogP contribution in [0.25, 0.3) is 22.0 Å². The van der Waals surface area contributed by atoms with E-state index in [9.17, 15) is 22.8 Å². The van der Waals surface area contributed by atoms with Crippen LogP contribution >= 0.6 is 0 Å². The van der Waals surface area contributed by atoms with E-state index in [0.717, 1.165) is 59.8 Å². The molecule has 0 radical (unpaired) electrons. The Hall–Kier alpha value is -4.07. The average Bonchev–Trinajstić information content (AvgIpc) is 3.28. The highest BCUT2D eigenvalue weighted by atomic mass is 19.4. The van der Waals surface area contributed by atoms with Crippen molar-refractivity contribution >= 4 is 22.8 Å². The Morgan fingerprint density at radius 2 is 1.62 bits per heavy atom. The minimum Gasteiger partial charge on any atom is -0.481 e. The zero-order valence-corrected chi connectivity index (χ0v) is 21.7. The summed E-state index contributed by atoms with van der Waals surface area (Å²) in [4.78, 5) is 24.7. The first-order chi connectivity index (χ1) is 19.1. The van der Waals surface area contributed by atoms with Gasteiger partial charge in [0.25, 0.3) is 5.91 Å². The van der Waals surface area contributed by atoms with E-state index >= 15 is 0 Å². The topological polar surface area (TPSA) is 71.3 Å². The number of nitrogens with one attached hydrogen (secondary N) is 1. The van der Waals surface area contributed by atoms with Crippen molar-refractivity contribution < 1.29 is 27.9 Å². The number of rotatable bonds is 7. The Labute approximate surface area is 229 Å². The van der Waals surface area contributed by atoms with Crippen molar-refractivity contribution in [3.05, 3.63) is 95.7 Å². The van der Waals surface area contributed by atoms with Gasteiger partial charge < -0.3 is 15.0 Å². The molecule has 2 N–H and O–H groups in total. The highest BCUT2D eigenvalue weighted by molar-refractivity contribution is 6.08. The maximum absolute atomic E-state index is 13.7. The van der Waals surface area contributed by atoms with Crippen molar-refractivity contribution in [3.63, 3.8) is 0 Å². The number of amides is 1. The first-order valence-electron chi connectivity index (χ1n) is 13.5. The molecule has 2 fully saturated rings. The van der Waals surface area contributed by atoms with Crippen molar-refractivity contribution in [2.75, 3.05) is 0 Å². The average molecular weight is 547 g/mol. The fourth-order valence-electron chi connectivity index (χ4n) is 6.69. The van der Waals surface area contributed by atoms with Crippen molar-refractivity contribution in [1.29, 1.82) is 0 Å². The van der Waals surface area contributed by atoms with Crippen LogP contribution in [0.15, 0.2) is 79.0 Å². The summed E-state index contributed by atoms with van der Waals surface area (Å²) in [6, 6.07) is 20.8. The monoisotopic (exact) mass is 546 g/mol. The van der Waals surface area contributed by atoms with Gasteiger partial charge in [0.1, 0.15) is 0 Å². The zero-order chi connectivity index (χ0) is 28.1. The Bertz CT molecular complexity index is 1560. The Kier molecular flexibility index (Phi) is 6.44. The molecule has 2 saturated carbocycles. The fourth-order valence-corrected chi connectivity index (χ4v) is 6.69. The number of carboxylic acids is 1. The van der Waals surface area contributed by atoms with Gasteiger partial charge in [-0.1, -0.05) is 42.5 Å². The zero-order valence-electron chi connectivity index (χ0n) is 21.7. The smallest absolute Gasteiger partial charge is 0.416 e. The molecule has 0 atom stereocenters. The van der Waals surface area contributed by atoms with Crippen LogP contribution in [0, 0.1) is 11.3 Å². The highest BCUT2D eigenvalue weighted by Crippen LogP contribution is 2.59. The second kappa shape index (κ2) is 9.84. The number of aliphatic carboxylic acids is 1. The van der Waals surface area contributed by atoms with Gasteiger partial charge in [-0.25, -0.2) is 0 Å². The minimum absolute atomic E-state index is 0.0343. The van der Waals surface area contributed by atoms with E-state index in [1.54, 1.807) is 0 Å². The number of aromatic nitrogens is 1. The molecule has 1 spiro atoms. The number of carbonyl (C=O) groups is 2. The number of fused-ring (bicyclic) bond motifs is 1. The van der Waals surface area contributed by atoms with Crippen LogP contribution in [-0.4, -0.2) is 27.6 Å². The first-order valence-corrected chi connectivity index (χ1v) is 13.5. The van der Waals surface area contributed by atoms with Gasteiger partial charge in [0.2, 0.25) is 0 Å². The van der Waals surface area contributed by atoms with E-state index < -0.39 is 17.7 Å². The van der Waals surface area contributed by atoms with Crippen LogP contribution in [0.1, 0.15) is 53.6 Å². The van der Waals surface area contributed by atoms with Crippen LogP contribution in [-0.2, 0) is 17.5 Å². The lowest BCUT2D eigenvalue weighted by molar-refractivity contribution is -0.142. The molecule has 6 rings (SSSR count). The molecule has 2 aliphatic carbocycles. The molecule has 0 aliphatic heterocycles. The van der Waals surface area contributed by atoms with E-state index in [0.29, 0.717) is 17.7 Å². The Morgan fingerprint density at radius 1 is 0.925 bits per heavy atom. The minimum atomic E-state index is -4.39. The molecule has 206 valence electrons. The molecule has 0 unspecified atom stereocenters. The quantitative estimate of drug-likeness (QED) is 0.259.